The summed E-state index contributed by atoms with van der Waals surface area (Å²) in [4.78, 5) is 11.5. The highest BCUT2D eigenvalue weighted by Gasteiger charge is 2.16. The van der Waals surface area contributed by atoms with E-state index in [1.54, 1.807) is 0 Å². The Labute approximate surface area is 86.1 Å². The zero-order valence-electron chi connectivity index (χ0n) is 8.63. The highest BCUT2D eigenvalue weighted by atomic mass is 32.1. The predicted octanol–water partition coefficient (Wildman–Crippen LogP) is 0.666. The van der Waals surface area contributed by atoms with Crippen LogP contribution < -0.4 is 10.6 Å². The van der Waals surface area contributed by atoms with Crippen LogP contribution in [0.15, 0.2) is 0 Å². The van der Waals surface area contributed by atoms with Crippen molar-refractivity contribution in [3.63, 3.8) is 0 Å². The van der Waals surface area contributed by atoms with E-state index >= 15 is 0 Å². The molecule has 2 N–H and O–H groups in total. The van der Waals surface area contributed by atoms with E-state index in [2.05, 4.69) is 37.1 Å². The van der Waals surface area contributed by atoms with Crippen molar-refractivity contribution in [2.24, 2.45) is 5.92 Å². The second-order valence-corrected chi connectivity index (χ2v) is 3.93. The van der Waals surface area contributed by atoms with Crippen LogP contribution in [0.25, 0.3) is 0 Å². The zero-order chi connectivity index (χ0) is 10.3. The molecule has 0 saturated carbocycles. The van der Waals surface area contributed by atoms with Crippen LogP contribution in [-0.2, 0) is 4.79 Å². The SMILES string of the molecule is CNC(CC(C)C)C(=O)NCCS. The molecule has 78 valence electrons. The molecule has 0 aliphatic carbocycles. The fourth-order valence-electron chi connectivity index (χ4n) is 1.13. The number of rotatable bonds is 6. The lowest BCUT2D eigenvalue weighted by atomic mass is 10.0. The molecule has 0 aromatic rings. The number of thiol groups is 1. The van der Waals surface area contributed by atoms with Crippen molar-refractivity contribution in [3.05, 3.63) is 0 Å². The summed E-state index contributed by atoms with van der Waals surface area (Å²) in [5.41, 5.74) is 0. The van der Waals surface area contributed by atoms with E-state index in [0.717, 1.165) is 6.42 Å². The van der Waals surface area contributed by atoms with Crippen molar-refractivity contribution in [1.29, 1.82) is 0 Å². The van der Waals surface area contributed by atoms with Crippen molar-refractivity contribution in [1.82, 2.24) is 10.6 Å². The van der Waals surface area contributed by atoms with E-state index in [1.165, 1.54) is 0 Å². The first kappa shape index (κ1) is 12.8. The second kappa shape index (κ2) is 7.21. The van der Waals surface area contributed by atoms with Crippen LogP contribution in [0.3, 0.4) is 0 Å². The third kappa shape index (κ3) is 5.93. The van der Waals surface area contributed by atoms with Crippen molar-refractivity contribution in [2.75, 3.05) is 19.3 Å². The Kier molecular flexibility index (Phi) is 7.09. The third-order valence-electron chi connectivity index (χ3n) is 1.78. The molecule has 0 aliphatic heterocycles. The lowest BCUT2D eigenvalue weighted by Gasteiger charge is -2.17. The Bertz CT molecular complexity index is 151. The maximum absolute atomic E-state index is 11.5. The Morgan fingerprint density at radius 2 is 2.08 bits per heavy atom. The van der Waals surface area contributed by atoms with Gasteiger partial charge in [0.15, 0.2) is 0 Å². The molecule has 0 aromatic carbocycles. The first-order valence-corrected chi connectivity index (χ1v) is 5.30. The number of amides is 1. The molecule has 0 heterocycles. The molecule has 1 unspecified atom stereocenters. The molecule has 13 heavy (non-hydrogen) atoms. The first-order chi connectivity index (χ1) is 6.11. The number of carbonyl (C=O) groups is 1. The van der Waals surface area contributed by atoms with Crippen molar-refractivity contribution in [2.45, 2.75) is 26.3 Å². The minimum atomic E-state index is -0.0696. The van der Waals surface area contributed by atoms with Gasteiger partial charge in [-0.1, -0.05) is 13.8 Å². The van der Waals surface area contributed by atoms with Gasteiger partial charge in [0.05, 0.1) is 6.04 Å². The van der Waals surface area contributed by atoms with Crippen LogP contribution in [0, 0.1) is 5.92 Å². The van der Waals surface area contributed by atoms with E-state index in [4.69, 9.17) is 0 Å². The molecule has 1 amide bonds. The number of nitrogens with one attached hydrogen (secondary N) is 2. The molecular weight excluding hydrogens is 184 g/mol. The topological polar surface area (TPSA) is 41.1 Å². The second-order valence-electron chi connectivity index (χ2n) is 3.49. The molecule has 0 aromatic heterocycles. The van der Waals surface area contributed by atoms with E-state index in [9.17, 15) is 4.79 Å². The summed E-state index contributed by atoms with van der Waals surface area (Å²) in [5, 5.41) is 5.82. The fourth-order valence-corrected chi connectivity index (χ4v) is 1.24. The number of carbonyl (C=O) groups excluding carboxylic acids is 1. The van der Waals surface area contributed by atoms with Gasteiger partial charge in [0.1, 0.15) is 0 Å². The first-order valence-electron chi connectivity index (χ1n) is 4.67. The van der Waals surface area contributed by atoms with Gasteiger partial charge < -0.3 is 10.6 Å². The molecule has 0 saturated heterocycles. The monoisotopic (exact) mass is 204 g/mol. The minimum absolute atomic E-state index is 0.0696. The molecule has 0 fully saturated rings. The number of hydrogen-bond acceptors (Lipinski definition) is 3. The van der Waals surface area contributed by atoms with E-state index < -0.39 is 0 Å². The quantitative estimate of drug-likeness (QED) is 0.557. The lowest BCUT2D eigenvalue weighted by Crippen LogP contribution is -2.43. The van der Waals surface area contributed by atoms with Gasteiger partial charge in [-0.25, -0.2) is 0 Å². The van der Waals surface area contributed by atoms with Crippen LogP contribution in [0.5, 0.6) is 0 Å². The summed E-state index contributed by atoms with van der Waals surface area (Å²) < 4.78 is 0. The van der Waals surface area contributed by atoms with Crippen LogP contribution in [0.2, 0.25) is 0 Å². The van der Waals surface area contributed by atoms with Gasteiger partial charge in [0, 0.05) is 12.3 Å². The molecule has 0 rings (SSSR count). The number of likely N-dealkylation sites (N-methyl/N-ethyl adjacent to an activating group) is 1. The Morgan fingerprint density at radius 3 is 2.46 bits per heavy atom. The van der Waals surface area contributed by atoms with Crippen LogP contribution in [-0.4, -0.2) is 31.3 Å². The van der Waals surface area contributed by atoms with Gasteiger partial charge in [-0.2, -0.15) is 12.6 Å². The lowest BCUT2D eigenvalue weighted by molar-refractivity contribution is -0.123. The van der Waals surface area contributed by atoms with Crippen LogP contribution >= 0.6 is 12.6 Å². The summed E-state index contributed by atoms with van der Waals surface area (Å²) in [7, 11) is 1.81. The molecule has 0 radical (unpaired) electrons. The van der Waals surface area contributed by atoms with Gasteiger partial charge in [-0.05, 0) is 19.4 Å². The summed E-state index contributed by atoms with van der Waals surface area (Å²) in [6, 6.07) is -0.0696. The minimum Gasteiger partial charge on any atom is -0.354 e. The van der Waals surface area contributed by atoms with E-state index in [0.29, 0.717) is 18.2 Å². The van der Waals surface area contributed by atoms with Crippen molar-refractivity contribution < 1.29 is 4.79 Å². The molecule has 0 spiro atoms. The third-order valence-corrected chi connectivity index (χ3v) is 2.01. The maximum atomic E-state index is 11.5. The van der Waals surface area contributed by atoms with Crippen molar-refractivity contribution in [3.8, 4) is 0 Å². The van der Waals surface area contributed by atoms with E-state index in [1.807, 2.05) is 7.05 Å². The Morgan fingerprint density at radius 1 is 1.46 bits per heavy atom. The molecule has 0 aliphatic rings. The predicted molar refractivity (Wildman–Crippen MR) is 59.2 cm³/mol. The average Bonchev–Trinajstić information content (AvgIpc) is 2.09. The van der Waals surface area contributed by atoms with E-state index in [-0.39, 0.29) is 11.9 Å². The van der Waals surface area contributed by atoms with Crippen LogP contribution in [0.1, 0.15) is 20.3 Å². The van der Waals surface area contributed by atoms with Gasteiger partial charge >= 0.3 is 0 Å². The van der Waals surface area contributed by atoms with Gasteiger partial charge in [-0.15, -0.1) is 0 Å². The Balaban J connectivity index is 3.85. The summed E-state index contributed by atoms with van der Waals surface area (Å²) in [6.07, 6.45) is 0.870. The summed E-state index contributed by atoms with van der Waals surface area (Å²) >= 11 is 4.03. The fraction of sp³-hybridized carbons (Fsp3) is 0.889. The molecule has 4 heteroatoms. The zero-order valence-corrected chi connectivity index (χ0v) is 9.53. The van der Waals surface area contributed by atoms with Gasteiger partial charge in [-0.3, -0.25) is 4.79 Å². The maximum Gasteiger partial charge on any atom is 0.237 e. The molecule has 0 bridgehead atoms. The summed E-state index contributed by atoms with van der Waals surface area (Å²) in [5.74, 6) is 1.29. The van der Waals surface area contributed by atoms with Gasteiger partial charge in [0.2, 0.25) is 5.91 Å². The Hall–Kier alpha value is -0.220. The molecule has 1 atom stereocenters. The van der Waals surface area contributed by atoms with Gasteiger partial charge in [0.25, 0.3) is 0 Å². The standard InChI is InChI=1S/C9H20N2OS/c1-7(2)6-8(10-3)9(12)11-4-5-13/h7-8,10,13H,4-6H2,1-3H3,(H,11,12). The molecular formula is C9H20N2OS. The normalized spacial score (nSPS) is 13.0. The largest absolute Gasteiger partial charge is 0.354 e. The number of hydrogen-bond donors (Lipinski definition) is 3. The molecule has 3 nitrogen and oxygen atoms in total. The average molecular weight is 204 g/mol. The highest BCUT2D eigenvalue weighted by molar-refractivity contribution is 7.80. The highest BCUT2D eigenvalue weighted by Crippen LogP contribution is 2.03. The van der Waals surface area contributed by atoms with Crippen LogP contribution in [0.4, 0.5) is 0 Å². The summed E-state index contributed by atoms with van der Waals surface area (Å²) in [6.45, 7) is 4.85. The van der Waals surface area contributed by atoms with Crippen molar-refractivity contribution >= 4 is 18.5 Å². The smallest absolute Gasteiger partial charge is 0.237 e.